The molecule has 0 bridgehead atoms. The molecular weight excluding hydrogens is 380 g/mol. The summed E-state index contributed by atoms with van der Waals surface area (Å²) in [5.41, 5.74) is 3.46. The molecule has 5 rings (SSSR count). The lowest BCUT2D eigenvalue weighted by Gasteiger charge is -2.18. The number of fused-ring (bicyclic) bond motifs is 2. The lowest BCUT2D eigenvalue weighted by Crippen LogP contribution is -2.22. The van der Waals surface area contributed by atoms with Gasteiger partial charge in [0, 0.05) is 17.2 Å². The third-order valence-corrected chi connectivity index (χ3v) is 4.89. The van der Waals surface area contributed by atoms with Gasteiger partial charge in [0.2, 0.25) is 0 Å². The number of nitrogens with zero attached hydrogens (tertiary/aromatic N) is 3. The van der Waals surface area contributed by atoms with Crippen LogP contribution in [0.2, 0.25) is 0 Å². The third kappa shape index (κ3) is 3.16. The number of hydrogen-bond donors (Lipinski definition) is 1. The van der Waals surface area contributed by atoms with E-state index in [1.807, 2.05) is 18.2 Å². The second-order valence-corrected chi connectivity index (χ2v) is 6.72. The number of carbonyl (C=O) groups is 1. The van der Waals surface area contributed by atoms with Crippen molar-refractivity contribution in [1.82, 2.24) is 19.2 Å². The SMILES string of the molecule is O=C(NCc1cc(-c2ccc3c(c2)OCCO3)on1)c1ccc2nsnc2c1. The Morgan fingerprint density at radius 3 is 2.79 bits per heavy atom. The number of hydrogen-bond acceptors (Lipinski definition) is 8. The van der Waals surface area contributed by atoms with Gasteiger partial charge in [-0.25, -0.2) is 0 Å². The van der Waals surface area contributed by atoms with Crippen molar-refractivity contribution in [2.24, 2.45) is 0 Å². The van der Waals surface area contributed by atoms with Crippen LogP contribution in [0.25, 0.3) is 22.4 Å². The van der Waals surface area contributed by atoms with E-state index >= 15 is 0 Å². The van der Waals surface area contributed by atoms with Gasteiger partial charge < -0.3 is 19.3 Å². The molecule has 1 aliphatic rings. The van der Waals surface area contributed by atoms with Crippen LogP contribution in [0.15, 0.2) is 47.0 Å². The van der Waals surface area contributed by atoms with Gasteiger partial charge in [-0.2, -0.15) is 8.75 Å². The molecule has 140 valence electrons. The maximum atomic E-state index is 12.4. The molecule has 4 aromatic rings. The number of nitrogens with one attached hydrogen (secondary N) is 1. The van der Waals surface area contributed by atoms with Gasteiger partial charge in [0.15, 0.2) is 17.3 Å². The van der Waals surface area contributed by atoms with Gasteiger partial charge in [-0.05, 0) is 36.4 Å². The Balaban J connectivity index is 1.28. The first-order chi connectivity index (χ1) is 13.8. The number of amides is 1. The lowest BCUT2D eigenvalue weighted by molar-refractivity contribution is 0.0950. The number of carbonyl (C=O) groups excluding carboxylic acids is 1. The molecular formula is C19H14N4O4S. The maximum absolute atomic E-state index is 12.4. The van der Waals surface area contributed by atoms with Crippen molar-refractivity contribution in [3.05, 3.63) is 53.7 Å². The first-order valence-corrected chi connectivity index (χ1v) is 9.35. The van der Waals surface area contributed by atoms with Crippen molar-refractivity contribution in [2.75, 3.05) is 13.2 Å². The van der Waals surface area contributed by atoms with E-state index < -0.39 is 0 Å². The standard InChI is InChI=1S/C19H14N4O4S/c24-19(12-1-3-14-15(7-12)23-28-22-14)20-10-13-9-17(27-21-13)11-2-4-16-18(8-11)26-6-5-25-16/h1-4,7-9H,5-6,10H2,(H,20,24). The van der Waals surface area contributed by atoms with E-state index in [4.69, 9.17) is 14.0 Å². The van der Waals surface area contributed by atoms with Crippen LogP contribution in [-0.2, 0) is 6.54 Å². The average molecular weight is 394 g/mol. The van der Waals surface area contributed by atoms with Gasteiger partial charge in [0.25, 0.3) is 5.91 Å². The summed E-state index contributed by atoms with van der Waals surface area (Å²) >= 11 is 1.12. The van der Waals surface area contributed by atoms with E-state index in [0.717, 1.165) is 22.8 Å². The van der Waals surface area contributed by atoms with E-state index in [1.165, 1.54) is 0 Å². The van der Waals surface area contributed by atoms with Crippen LogP contribution >= 0.6 is 11.7 Å². The van der Waals surface area contributed by atoms with Gasteiger partial charge in [0.1, 0.15) is 29.9 Å². The first kappa shape index (κ1) is 16.7. The van der Waals surface area contributed by atoms with Gasteiger partial charge in [-0.15, -0.1) is 0 Å². The Labute approximate surface area is 163 Å². The van der Waals surface area contributed by atoms with Gasteiger partial charge >= 0.3 is 0 Å². The van der Waals surface area contributed by atoms with Crippen molar-refractivity contribution in [2.45, 2.75) is 6.54 Å². The van der Waals surface area contributed by atoms with E-state index in [0.29, 0.717) is 47.2 Å². The molecule has 3 heterocycles. The van der Waals surface area contributed by atoms with Gasteiger partial charge in [-0.1, -0.05) is 5.16 Å². The Kier molecular flexibility index (Phi) is 4.13. The second kappa shape index (κ2) is 6.93. The van der Waals surface area contributed by atoms with Gasteiger partial charge in [-0.3, -0.25) is 4.79 Å². The zero-order valence-corrected chi connectivity index (χ0v) is 15.4. The zero-order chi connectivity index (χ0) is 18.9. The largest absolute Gasteiger partial charge is 0.486 e. The van der Waals surface area contributed by atoms with Crippen molar-refractivity contribution in [3.63, 3.8) is 0 Å². The van der Waals surface area contributed by atoms with E-state index in [-0.39, 0.29) is 12.5 Å². The summed E-state index contributed by atoms with van der Waals surface area (Å²) in [7, 11) is 0. The van der Waals surface area contributed by atoms with Crippen LogP contribution in [-0.4, -0.2) is 33.0 Å². The highest BCUT2D eigenvalue weighted by molar-refractivity contribution is 7.00. The smallest absolute Gasteiger partial charge is 0.251 e. The number of rotatable bonds is 4. The highest BCUT2D eigenvalue weighted by Gasteiger charge is 2.15. The predicted octanol–water partition coefficient (Wildman–Crippen LogP) is 3.05. The van der Waals surface area contributed by atoms with Crippen molar-refractivity contribution in [1.29, 1.82) is 0 Å². The molecule has 0 aliphatic carbocycles. The Hall–Kier alpha value is -3.46. The molecule has 1 aliphatic heterocycles. The molecule has 2 aromatic heterocycles. The second-order valence-electron chi connectivity index (χ2n) is 6.19. The number of aromatic nitrogens is 3. The summed E-state index contributed by atoms with van der Waals surface area (Å²) in [5, 5.41) is 6.87. The van der Waals surface area contributed by atoms with Crippen molar-refractivity contribution in [3.8, 4) is 22.8 Å². The molecule has 9 heteroatoms. The molecule has 0 saturated heterocycles. The van der Waals surface area contributed by atoms with Crippen LogP contribution in [0.5, 0.6) is 11.5 Å². The van der Waals surface area contributed by atoms with Crippen LogP contribution < -0.4 is 14.8 Å². The molecule has 1 amide bonds. The molecule has 0 unspecified atom stereocenters. The molecule has 28 heavy (non-hydrogen) atoms. The Morgan fingerprint density at radius 2 is 1.86 bits per heavy atom. The minimum Gasteiger partial charge on any atom is -0.486 e. The fourth-order valence-corrected chi connectivity index (χ4v) is 3.44. The highest BCUT2D eigenvalue weighted by Crippen LogP contribution is 2.34. The first-order valence-electron chi connectivity index (χ1n) is 8.62. The van der Waals surface area contributed by atoms with Crippen molar-refractivity contribution >= 4 is 28.7 Å². The number of ether oxygens (including phenoxy) is 2. The van der Waals surface area contributed by atoms with Crippen molar-refractivity contribution < 1.29 is 18.8 Å². The Morgan fingerprint density at radius 1 is 1.00 bits per heavy atom. The number of benzene rings is 2. The van der Waals surface area contributed by atoms with Crippen LogP contribution in [0.1, 0.15) is 16.1 Å². The quantitative estimate of drug-likeness (QED) is 0.568. The summed E-state index contributed by atoms with van der Waals surface area (Å²) in [6.45, 7) is 1.32. The molecule has 0 atom stereocenters. The Bertz CT molecular complexity index is 1170. The normalized spacial score (nSPS) is 12.9. The lowest BCUT2D eigenvalue weighted by atomic mass is 10.1. The summed E-state index contributed by atoms with van der Waals surface area (Å²) in [6.07, 6.45) is 0. The maximum Gasteiger partial charge on any atom is 0.251 e. The molecule has 0 fully saturated rings. The summed E-state index contributed by atoms with van der Waals surface area (Å²) in [5.74, 6) is 1.78. The van der Waals surface area contributed by atoms with Crippen LogP contribution in [0.3, 0.4) is 0 Å². The fourth-order valence-electron chi connectivity index (χ4n) is 2.92. The summed E-state index contributed by atoms with van der Waals surface area (Å²) in [4.78, 5) is 12.4. The monoisotopic (exact) mass is 394 g/mol. The van der Waals surface area contributed by atoms with E-state index in [2.05, 4.69) is 19.2 Å². The predicted molar refractivity (Wildman–Crippen MR) is 102 cm³/mol. The zero-order valence-electron chi connectivity index (χ0n) is 14.5. The molecule has 0 saturated carbocycles. The van der Waals surface area contributed by atoms with Gasteiger partial charge in [0.05, 0.1) is 18.3 Å². The fraction of sp³-hybridized carbons (Fsp3) is 0.158. The average Bonchev–Trinajstić information content (AvgIpc) is 3.40. The van der Waals surface area contributed by atoms with E-state index in [9.17, 15) is 4.79 Å². The molecule has 8 nitrogen and oxygen atoms in total. The summed E-state index contributed by atoms with van der Waals surface area (Å²) in [6, 6.07) is 12.6. The molecule has 2 aromatic carbocycles. The minimum atomic E-state index is -0.209. The summed E-state index contributed by atoms with van der Waals surface area (Å²) < 4.78 is 24.8. The minimum absolute atomic E-state index is 0.209. The van der Waals surface area contributed by atoms with E-state index in [1.54, 1.807) is 24.3 Å². The highest BCUT2D eigenvalue weighted by atomic mass is 32.1. The topological polar surface area (TPSA) is 99.4 Å². The molecule has 1 N–H and O–H groups in total. The van der Waals surface area contributed by atoms with Crippen LogP contribution in [0, 0.1) is 0 Å². The molecule has 0 radical (unpaired) electrons. The third-order valence-electron chi connectivity index (χ3n) is 4.33. The van der Waals surface area contributed by atoms with Crippen LogP contribution in [0.4, 0.5) is 0 Å². The molecule has 0 spiro atoms.